The number of hydrogen-bond acceptors (Lipinski definition) is 7. The lowest BCUT2D eigenvalue weighted by molar-refractivity contribution is -0.154. The van der Waals surface area contributed by atoms with E-state index in [1.807, 2.05) is 0 Å². The topological polar surface area (TPSA) is 117 Å². The third-order valence-corrected chi connectivity index (χ3v) is 10.7. The highest BCUT2D eigenvalue weighted by molar-refractivity contribution is 7.47. The molecule has 0 aliphatic carbocycles. The van der Waals surface area contributed by atoms with Crippen LogP contribution in [0.15, 0.2) is 48.6 Å². The molecule has 0 spiro atoms. The Hall–Kier alpha value is -1.54. The maximum absolute atomic E-state index is 12.6. The molecule has 8 nitrogen and oxygen atoms in total. The summed E-state index contributed by atoms with van der Waals surface area (Å²) >= 11 is 0. The fourth-order valence-electron chi connectivity index (χ4n) is 6.29. The molecule has 0 aromatic heterocycles. The van der Waals surface area contributed by atoms with Gasteiger partial charge in [0.25, 0.3) is 0 Å². The van der Waals surface area contributed by atoms with E-state index in [1.165, 1.54) is 135 Å². The Labute approximate surface area is 345 Å². The Kier molecular flexibility index (Phi) is 43.3. The summed E-state index contributed by atoms with van der Waals surface area (Å²) in [6.45, 7) is 4.88. The first-order valence-electron chi connectivity index (χ1n) is 23.1. The Morgan fingerprint density at radius 3 is 1.45 bits per heavy atom. The fourth-order valence-corrected chi connectivity index (χ4v) is 7.06. The second-order valence-electron chi connectivity index (χ2n) is 15.3. The number of esters is 1. The fraction of sp³-hybridized carbons (Fsp3) is 0.809. The van der Waals surface area contributed by atoms with Gasteiger partial charge >= 0.3 is 13.8 Å². The quantitative estimate of drug-likeness (QED) is 0.0270. The molecule has 0 aliphatic rings. The molecule has 0 heterocycles. The zero-order chi connectivity index (χ0) is 40.9. The van der Waals surface area contributed by atoms with Crippen molar-refractivity contribution in [3.05, 3.63) is 48.6 Å². The summed E-state index contributed by atoms with van der Waals surface area (Å²) in [6, 6.07) is 0. The van der Waals surface area contributed by atoms with Gasteiger partial charge in [0.1, 0.15) is 6.10 Å². The van der Waals surface area contributed by atoms with Crippen molar-refractivity contribution in [1.29, 1.82) is 0 Å². The first-order chi connectivity index (χ1) is 27.4. The van der Waals surface area contributed by atoms with Crippen LogP contribution in [0.4, 0.5) is 0 Å². The number of phosphoric acid groups is 1. The molecule has 2 unspecified atom stereocenters. The smallest absolute Gasteiger partial charge is 0.457 e. The molecule has 0 aliphatic heterocycles. The van der Waals surface area contributed by atoms with E-state index in [0.717, 1.165) is 51.4 Å². The lowest BCUT2D eigenvalue weighted by Gasteiger charge is -2.20. The summed E-state index contributed by atoms with van der Waals surface area (Å²) in [5.41, 5.74) is 5.37. The number of ether oxygens (including phenoxy) is 2. The minimum atomic E-state index is -4.28. The van der Waals surface area contributed by atoms with Crippen LogP contribution in [0, 0.1) is 0 Å². The van der Waals surface area contributed by atoms with Crippen LogP contribution < -0.4 is 5.73 Å². The Balaban J connectivity index is 4.00. The lowest BCUT2D eigenvalue weighted by atomic mass is 10.1. The summed E-state index contributed by atoms with van der Waals surface area (Å²) in [5.74, 6) is -0.340. The number of phosphoric ester groups is 1. The van der Waals surface area contributed by atoms with Gasteiger partial charge < -0.3 is 20.1 Å². The molecule has 328 valence electrons. The van der Waals surface area contributed by atoms with E-state index in [9.17, 15) is 14.3 Å². The third-order valence-electron chi connectivity index (χ3n) is 9.72. The SMILES string of the molecule is CCCCCC/C=C\CCCCCCCCOCC(COP(=O)(O)OCCN)OC(=O)CCCCCCCCCC/C=C\C/C=C\C/C=C\CCCCCCC. The molecular weight excluding hydrogens is 721 g/mol. The van der Waals surface area contributed by atoms with Gasteiger partial charge in [-0.05, 0) is 77.0 Å². The standard InChI is InChI=1S/C47H88NO7P/c1-3-5-7-9-11-13-15-17-19-20-21-22-23-24-25-26-27-28-30-32-34-36-38-40-47(49)55-46(45-54-56(50,51)53-43-41-48)44-52-42-39-37-35-33-31-29-18-16-14-12-10-8-6-4-2/h14-17,20-21,23-24,46H,3-13,18-19,22,25-45,48H2,1-2H3,(H,50,51)/b16-14-,17-15-,21-20-,24-23-. The van der Waals surface area contributed by atoms with E-state index in [4.69, 9.17) is 24.3 Å². The van der Waals surface area contributed by atoms with E-state index in [1.54, 1.807) is 0 Å². The van der Waals surface area contributed by atoms with Gasteiger partial charge in [-0.25, -0.2) is 4.57 Å². The third kappa shape index (κ3) is 43.6. The lowest BCUT2D eigenvalue weighted by Crippen LogP contribution is -2.28. The van der Waals surface area contributed by atoms with Crippen LogP contribution >= 0.6 is 7.82 Å². The predicted molar refractivity (Wildman–Crippen MR) is 238 cm³/mol. The summed E-state index contributed by atoms with van der Waals surface area (Å²) < 4.78 is 33.5. The van der Waals surface area contributed by atoms with Crippen molar-refractivity contribution in [2.75, 3.05) is 33.0 Å². The average molecular weight is 810 g/mol. The number of carbonyl (C=O) groups is 1. The highest BCUT2D eigenvalue weighted by Gasteiger charge is 2.25. The first-order valence-corrected chi connectivity index (χ1v) is 24.6. The van der Waals surface area contributed by atoms with Crippen LogP contribution in [0.5, 0.6) is 0 Å². The minimum absolute atomic E-state index is 0.0968. The number of allylic oxidation sites excluding steroid dienone is 8. The molecule has 0 amide bonds. The predicted octanol–water partition coefficient (Wildman–Crippen LogP) is 14.0. The highest BCUT2D eigenvalue weighted by Crippen LogP contribution is 2.43. The van der Waals surface area contributed by atoms with Crippen LogP contribution in [-0.4, -0.2) is 49.9 Å². The van der Waals surface area contributed by atoms with E-state index in [2.05, 4.69) is 62.5 Å². The van der Waals surface area contributed by atoms with Crippen LogP contribution in [-0.2, 0) is 27.9 Å². The molecule has 0 saturated heterocycles. The second-order valence-corrected chi connectivity index (χ2v) is 16.7. The number of hydrogen-bond donors (Lipinski definition) is 2. The van der Waals surface area contributed by atoms with Crippen molar-refractivity contribution in [3.63, 3.8) is 0 Å². The van der Waals surface area contributed by atoms with Gasteiger partial charge in [0, 0.05) is 19.6 Å². The molecule has 2 atom stereocenters. The van der Waals surface area contributed by atoms with Gasteiger partial charge in [0.15, 0.2) is 0 Å². The van der Waals surface area contributed by atoms with Crippen molar-refractivity contribution < 1.29 is 32.8 Å². The molecule has 0 saturated carbocycles. The maximum Gasteiger partial charge on any atom is 0.472 e. The zero-order valence-electron chi connectivity index (χ0n) is 36.4. The Morgan fingerprint density at radius 1 is 0.536 bits per heavy atom. The summed E-state index contributed by atoms with van der Waals surface area (Å²) in [4.78, 5) is 22.5. The molecule has 0 aromatic carbocycles. The van der Waals surface area contributed by atoms with Crippen molar-refractivity contribution in [1.82, 2.24) is 0 Å². The molecule has 9 heteroatoms. The van der Waals surface area contributed by atoms with E-state index < -0.39 is 13.9 Å². The van der Waals surface area contributed by atoms with Crippen LogP contribution in [0.3, 0.4) is 0 Å². The summed E-state index contributed by atoms with van der Waals surface area (Å²) in [5, 5.41) is 0. The van der Waals surface area contributed by atoms with E-state index in [0.29, 0.717) is 13.0 Å². The van der Waals surface area contributed by atoms with Crippen LogP contribution in [0.25, 0.3) is 0 Å². The summed E-state index contributed by atoms with van der Waals surface area (Å²) in [6.07, 6.45) is 52.7. The van der Waals surface area contributed by atoms with Gasteiger partial charge in [-0.15, -0.1) is 0 Å². The molecule has 0 fully saturated rings. The molecular formula is C47H88NO7P. The van der Waals surface area contributed by atoms with Crippen LogP contribution in [0.2, 0.25) is 0 Å². The van der Waals surface area contributed by atoms with Crippen molar-refractivity contribution in [2.24, 2.45) is 5.73 Å². The number of carbonyl (C=O) groups excluding carboxylic acids is 1. The molecule has 56 heavy (non-hydrogen) atoms. The van der Waals surface area contributed by atoms with Crippen molar-refractivity contribution in [2.45, 2.75) is 213 Å². The largest absolute Gasteiger partial charge is 0.472 e. The van der Waals surface area contributed by atoms with Gasteiger partial charge in [-0.1, -0.05) is 172 Å². The molecule has 0 rings (SSSR count). The number of unbranched alkanes of at least 4 members (excludes halogenated alkanes) is 23. The van der Waals surface area contributed by atoms with Gasteiger partial charge in [-0.3, -0.25) is 13.8 Å². The zero-order valence-corrected chi connectivity index (χ0v) is 37.3. The minimum Gasteiger partial charge on any atom is -0.457 e. The van der Waals surface area contributed by atoms with Crippen LogP contribution in [0.1, 0.15) is 206 Å². The molecule has 0 bridgehead atoms. The van der Waals surface area contributed by atoms with Crippen molar-refractivity contribution in [3.8, 4) is 0 Å². The highest BCUT2D eigenvalue weighted by atomic mass is 31.2. The Morgan fingerprint density at radius 2 is 0.946 bits per heavy atom. The van der Waals surface area contributed by atoms with E-state index in [-0.39, 0.29) is 32.3 Å². The molecule has 0 radical (unpaired) electrons. The summed E-state index contributed by atoms with van der Waals surface area (Å²) in [7, 11) is -4.28. The Bertz CT molecular complexity index is 999. The van der Waals surface area contributed by atoms with Gasteiger partial charge in [-0.2, -0.15) is 0 Å². The number of nitrogens with two attached hydrogens (primary N) is 1. The van der Waals surface area contributed by atoms with Gasteiger partial charge in [0.2, 0.25) is 0 Å². The maximum atomic E-state index is 12.6. The second kappa shape index (κ2) is 44.6. The molecule has 0 aromatic rings. The normalized spacial score (nSPS) is 13.9. The van der Waals surface area contributed by atoms with Gasteiger partial charge in [0.05, 0.1) is 19.8 Å². The number of rotatable bonds is 44. The monoisotopic (exact) mass is 810 g/mol. The van der Waals surface area contributed by atoms with Crippen molar-refractivity contribution >= 4 is 13.8 Å². The average Bonchev–Trinajstić information content (AvgIpc) is 3.19. The molecule has 3 N–H and O–H groups in total. The first kappa shape index (κ1) is 54.5. The van der Waals surface area contributed by atoms with E-state index >= 15 is 0 Å².